The molecule has 3 amide bonds. The topological polar surface area (TPSA) is 136 Å². The minimum absolute atomic E-state index is 0.105. The Bertz CT molecular complexity index is 1650. The number of nitrogens with one attached hydrogen (secondary N) is 3. The van der Waals surface area contributed by atoms with Crippen LogP contribution < -0.4 is 20.7 Å². The first-order valence-electron chi connectivity index (χ1n) is 12.2. The van der Waals surface area contributed by atoms with Crippen LogP contribution in [0.3, 0.4) is 0 Å². The van der Waals surface area contributed by atoms with Gasteiger partial charge in [0.1, 0.15) is 29.3 Å². The minimum atomic E-state index is -0.411. The van der Waals surface area contributed by atoms with Crippen LogP contribution in [0, 0.1) is 0 Å². The summed E-state index contributed by atoms with van der Waals surface area (Å²) in [6, 6.07) is 15.7. The Balaban J connectivity index is 1.29. The molecule has 2 aromatic carbocycles. The third-order valence-corrected chi connectivity index (χ3v) is 5.67. The second-order valence-electron chi connectivity index (χ2n) is 9.03. The third-order valence-electron chi connectivity index (χ3n) is 5.67. The van der Waals surface area contributed by atoms with E-state index in [4.69, 9.17) is 9.84 Å². The fourth-order valence-corrected chi connectivity index (χ4v) is 3.84. The number of rotatable bonds is 7. The Morgan fingerprint density at radius 1 is 0.923 bits per heavy atom. The van der Waals surface area contributed by atoms with Crippen molar-refractivity contribution in [3.8, 4) is 22.8 Å². The predicted molar refractivity (Wildman–Crippen MR) is 149 cm³/mol. The first-order valence-corrected chi connectivity index (χ1v) is 12.2. The molecule has 0 bridgehead atoms. The maximum Gasteiger partial charge on any atom is 0.323 e. The van der Waals surface area contributed by atoms with Crippen molar-refractivity contribution in [2.45, 2.75) is 26.8 Å². The predicted octanol–water partition coefficient (Wildman–Crippen LogP) is 5.86. The first-order chi connectivity index (χ1) is 18.8. The molecule has 0 unspecified atom stereocenters. The molecular weight excluding hydrogens is 496 g/mol. The molecule has 39 heavy (non-hydrogen) atoms. The number of aromatic nitrogens is 5. The normalized spacial score (nSPS) is 10.9. The van der Waals surface area contributed by atoms with Crippen LogP contribution >= 0.6 is 0 Å². The standard InChI is InChI=1S/C28H26N8O3/c1-17(2)36-15-25(27(35-36)19-4-9-24-20(12-19)14-29-16-31-24)34-28(38)33-21-5-7-22(8-6-21)39-23-10-11-30-26(13-23)32-18(3)37/h4-17H,1-3H3,(H,30,32,37)(H2,33,34,38). The van der Waals surface area contributed by atoms with Crippen molar-refractivity contribution in [1.29, 1.82) is 0 Å². The molecule has 0 atom stereocenters. The Labute approximate surface area is 224 Å². The number of amides is 3. The van der Waals surface area contributed by atoms with Gasteiger partial charge in [-0.3, -0.25) is 9.48 Å². The number of anilines is 3. The van der Waals surface area contributed by atoms with Crippen LogP contribution in [0.25, 0.3) is 22.2 Å². The molecule has 3 aromatic heterocycles. The summed E-state index contributed by atoms with van der Waals surface area (Å²) in [4.78, 5) is 36.6. The number of urea groups is 1. The highest BCUT2D eigenvalue weighted by Gasteiger charge is 2.16. The van der Waals surface area contributed by atoms with Crippen molar-refractivity contribution >= 4 is 40.0 Å². The second-order valence-corrected chi connectivity index (χ2v) is 9.03. The van der Waals surface area contributed by atoms with Crippen LogP contribution in [0.4, 0.5) is 22.0 Å². The number of carbonyl (C=O) groups is 2. The molecule has 5 aromatic rings. The summed E-state index contributed by atoms with van der Waals surface area (Å²) in [6.07, 6.45) is 6.61. The fraction of sp³-hybridized carbons (Fsp3) is 0.143. The minimum Gasteiger partial charge on any atom is -0.457 e. The largest absolute Gasteiger partial charge is 0.457 e. The van der Waals surface area contributed by atoms with Gasteiger partial charge in [0.05, 0.1) is 11.2 Å². The van der Waals surface area contributed by atoms with Crippen LogP contribution in [0.5, 0.6) is 11.5 Å². The lowest BCUT2D eigenvalue weighted by molar-refractivity contribution is -0.114. The van der Waals surface area contributed by atoms with Crippen molar-refractivity contribution in [3.05, 3.63) is 79.5 Å². The summed E-state index contributed by atoms with van der Waals surface area (Å²) < 4.78 is 7.64. The zero-order chi connectivity index (χ0) is 27.4. The van der Waals surface area contributed by atoms with Crippen molar-refractivity contribution in [1.82, 2.24) is 24.7 Å². The molecule has 0 aliphatic heterocycles. The number of nitrogens with zero attached hydrogens (tertiary/aromatic N) is 5. The van der Waals surface area contributed by atoms with Gasteiger partial charge in [-0.25, -0.2) is 19.7 Å². The maximum atomic E-state index is 12.9. The molecule has 3 N–H and O–H groups in total. The van der Waals surface area contributed by atoms with E-state index >= 15 is 0 Å². The summed E-state index contributed by atoms with van der Waals surface area (Å²) in [5.74, 6) is 1.25. The van der Waals surface area contributed by atoms with Crippen LogP contribution in [0.1, 0.15) is 26.8 Å². The zero-order valence-corrected chi connectivity index (χ0v) is 21.5. The lowest BCUT2D eigenvalue weighted by Crippen LogP contribution is -2.19. The summed E-state index contributed by atoms with van der Waals surface area (Å²) in [7, 11) is 0. The van der Waals surface area contributed by atoms with Crippen molar-refractivity contribution in [3.63, 3.8) is 0 Å². The SMILES string of the molecule is CC(=O)Nc1cc(Oc2ccc(NC(=O)Nc3cn(C(C)C)nc3-c3ccc4ncncc4c3)cc2)ccn1. The molecular formula is C28H26N8O3. The van der Waals surface area contributed by atoms with Crippen LogP contribution in [-0.4, -0.2) is 36.7 Å². The molecule has 0 spiro atoms. The van der Waals surface area contributed by atoms with Gasteiger partial charge in [0.2, 0.25) is 5.91 Å². The Morgan fingerprint density at radius 2 is 1.74 bits per heavy atom. The second kappa shape index (κ2) is 11.0. The molecule has 3 heterocycles. The number of ether oxygens (including phenoxy) is 1. The van der Waals surface area contributed by atoms with Gasteiger partial charge in [0.25, 0.3) is 0 Å². The average molecular weight is 523 g/mol. The number of hydrogen-bond acceptors (Lipinski definition) is 7. The van der Waals surface area contributed by atoms with Gasteiger partial charge in [-0.2, -0.15) is 5.10 Å². The molecule has 196 valence electrons. The van der Waals surface area contributed by atoms with E-state index < -0.39 is 6.03 Å². The number of benzene rings is 2. The number of hydrogen-bond donors (Lipinski definition) is 3. The van der Waals surface area contributed by atoms with Gasteiger partial charge >= 0.3 is 6.03 Å². The molecule has 11 heteroatoms. The van der Waals surface area contributed by atoms with E-state index in [-0.39, 0.29) is 11.9 Å². The lowest BCUT2D eigenvalue weighted by atomic mass is 10.1. The molecule has 0 aliphatic rings. The van der Waals surface area contributed by atoms with Gasteiger partial charge in [-0.1, -0.05) is 6.07 Å². The zero-order valence-electron chi connectivity index (χ0n) is 21.5. The van der Waals surface area contributed by atoms with Crippen LogP contribution in [0.2, 0.25) is 0 Å². The highest BCUT2D eigenvalue weighted by Crippen LogP contribution is 2.30. The van der Waals surface area contributed by atoms with Gasteiger partial charge < -0.3 is 20.7 Å². The lowest BCUT2D eigenvalue weighted by Gasteiger charge is -2.10. The molecule has 0 fully saturated rings. The van der Waals surface area contributed by atoms with Gasteiger partial charge in [0.15, 0.2) is 0 Å². The monoisotopic (exact) mass is 522 g/mol. The highest BCUT2D eigenvalue weighted by atomic mass is 16.5. The molecule has 5 rings (SSSR count). The Kier molecular flexibility index (Phi) is 7.13. The molecule has 0 aliphatic carbocycles. The van der Waals surface area contributed by atoms with Crippen LogP contribution in [0.15, 0.2) is 79.5 Å². The number of pyridine rings is 1. The van der Waals surface area contributed by atoms with E-state index in [2.05, 4.69) is 30.9 Å². The Hall–Kier alpha value is -5.32. The number of fused-ring (bicyclic) bond motifs is 1. The number of carbonyl (C=O) groups excluding carboxylic acids is 2. The molecule has 0 saturated heterocycles. The van der Waals surface area contributed by atoms with Crippen LogP contribution in [-0.2, 0) is 4.79 Å². The molecule has 11 nitrogen and oxygen atoms in total. The van der Waals surface area contributed by atoms with E-state index in [1.165, 1.54) is 13.3 Å². The first kappa shape index (κ1) is 25.3. The average Bonchev–Trinajstić information content (AvgIpc) is 3.33. The quantitative estimate of drug-likeness (QED) is 0.243. The fourth-order valence-electron chi connectivity index (χ4n) is 3.84. The summed E-state index contributed by atoms with van der Waals surface area (Å²) in [6.45, 7) is 5.45. The van der Waals surface area contributed by atoms with Crippen molar-refractivity contribution in [2.24, 2.45) is 0 Å². The maximum absolute atomic E-state index is 12.9. The Morgan fingerprint density at radius 3 is 2.51 bits per heavy atom. The van der Waals surface area contributed by atoms with E-state index in [0.717, 1.165) is 16.5 Å². The van der Waals surface area contributed by atoms with E-state index in [0.29, 0.717) is 34.4 Å². The van der Waals surface area contributed by atoms with E-state index in [1.54, 1.807) is 53.5 Å². The summed E-state index contributed by atoms with van der Waals surface area (Å²) in [5.41, 5.74) is 3.46. The smallest absolute Gasteiger partial charge is 0.323 e. The van der Waals surface area contributed by atoms with Gasteiger partial charge in [0, 0.05) is 54.3 Å². The third kappa shape index (κ3) is 6.16. The van der Waals surface area contributed by atoms with Gasteiger partial charge in [-0.05, 0) is 56.3 Å². The van der Waals surface area contributed by atoms with Crippen molar-refractivity contribution < 1.29 is 14.3 Å². The highest BCUT2D eigenvalue weighted by molar-refractivity contribution is 6.02. The van der Waals surface area contributed by atoms with E-state index in [9.17, 15) is 9.59 Å². The molecule has 0 radical (unpaired) electrons. The summed E-state index contributed by atoms with van der Waals surface area (Å²) >= 11 is 0. The van der Waals surface area contributed by atoms with E-state index in [1.807, 2.05) is 38.2 Å². The summed E-state index contributed by atoms with van der Waals surface area (Å²) in [5, 5.41) is 14.0. The van der Waals surface area contributed by atoms with Crippen molar-refractivity contribution in [2.75, 3.05) is 16.0 Å². The van der Waals surface area contributed by atoms with Gasteiger partial charge in [-0.15, -0.1) is 0 Å². The molecule has 0 saturated carbocycles.